The molecule has 0 aliphatic carbocycles. The molecular weight excluding hydrogens is 492 g/mol. The number of methoxy groups -OCH3 is 1. The minimum absolute atomic E-state index is 0.0404. The summed E-state index contributed by atoms with van der Waals surface area (Å²) in [7, 11) is -2.19. The third-order valence-corrected chi connectivity index (χ3v) is 6.16. The molecule has 1 unspecified atom stereocenters. The van der Waals surface area contributed by atoms with E-state index in [0.29, 0.717) is 47.0 Å². The Morgan fingerprint density at radius 2 is 1.83 bits per heavy atom. The normalized spacial score (nSPS) is 14.9. The molecule has 36 heavy (non-hydrogen) atoms. The van der Waals surface area contributed by atoms with Crippen LogP contribution < -0.4 is 19.3 Å². The third-order valence-electron chi connectivity index (χ3n) is 5.42. The molecule has 3 aromatic carbocycles. The molecule has 0 aromatic heterocycles. The average molecular weight is 518 g/mol. The van der Waals surface area contributed by atoms with E-state index < -0.39 is 22.7 Å². The van der Waals surface area contributed by atoms with E-state index in [9.17, 15) is 17.2 Å². The number of ether oxygens (including phenoxy) is 4. The van der Waals surface area contributed by atoms with Crippen LogP contribution in [0.25, 0.3) is 11.1 Å². The number of hydrogen-bond donors (Lipinski definition) is 1. The predicted molar refractivity (Wildman–Crippen MR) is 131 cm³/mol. The Kier molecular flexibility index (Phi) is 7.88. The summed E-state index contributed by atoms with van der Waals surface area (Å²) in [5.74, 6) is 0.535. The molecule has 0 amide bonds. The fourth-order valence-electron chi connectivity index (χ4n) is 4.03. The molecule has 1 aliphatic rings. The summed E-state index contributed by atoms with van der Waals surface area (Å²) < 4.78 is 71.4. The van der Waals surface area contributed by atoms with E-state index in [4.69, 9.17) is 24.1 Å². The minimum Gasteiger partial charge on any atom is -0.490 e. The van der Waals surface area contributed by atoms with Crippen LogP contribution in [0.3, 0.4) is 0 Å². The summed E-state index contributed by atoms with van der Waals surface area (Å²) in [6.45, 7) is -2.20. The van der Waals surface area contributed by atoms with Gasteiger partial charge >= 0.3 is 6.61 Å². The first-order valence-corrected chi connectivity index (χ1v) is 12.7. The molecule has 7 nitrogen and oxygen atoms in total. The van der Waals surface area contributed by atoms with Gasteiger partial charge in [0.05, 0.1) is 17.9 Å². The minimum atomic E-state index is -3.79. The number of primary sulfonamides is 1. The number of benzene rings is 3. The summed E-state index contributed by atoms with van der Waals surface area (Å²) in [6, 6.07) is 16.9. The highest BCUT2D eigenvalue weighted by atomic mass is 32.2. The lowest BCUT2D eigenvalue weighted by Gasteiger charge is -2.31. The Hall–Kier alpha value is -3.47. The van der Waals surface area contributed by atoms with Crippen molar-refractivity contribution in [2.45, 2.75) is 18.5 Å². The van der Waals surface area contributed by atoms with Gasteiger partial charge in [0.15, 0.2) is 0 Å². The maximum absolute atomic E-state index is 13.1. The lowest BCUT2D eigenvalue weighted by Crippen LogP contribution is -2.18. The SMILES string of the molecule is COCC=CCOc1cccc(C2Oc3cccc(OC(F)F)c3-c3ccc(CS(N)(=O)=O)cc32)c1. The van der Waals surface area contributed by atoms with Crippen molar-refractivity contribution < 1.29 is 36.1 Å². The highest BCUT2D eigenvalue weighted by molar-refractivity contribution is 7.88. The Balaban J connectivity index is 1.76. The number of halogens is 2. The van der Waals surface area contributed by atoms with Crippen molar-refractivity contribution in [1.29, 1.82) is 0 Å². The molecule has 0 spiro atoms. The highest BCUT2D eigenvalue weighted by Crippen LogP contribution is 2.49. The van der Waals surface area contributed by atoms with Crippen molar-refractivity contribution >= 4 is 10.0 Å². The first-order valence-electron chi connectivity index (χ1n) is 11.0. The van der Waals surface area contributed by atoms with Crippen LogP contribution in [0.1, 0.15) is 22.8 Å². The van der Waals surface area contributed by atoms with Crippen LogP contribution in [-0.2, 0) is 20.5 Å². The molecule has 190 valence electrons. The van der Waals surface area contributed by atoms with Gasteiger partial charge in [-0.2, -0.15) is 8.78 Å². The van der Waals surface area contributed by atoms with Gasteiger partial charge in [0.25, 0.3) is 0 Å². The van der Waals surface area contributed by atoms with Crippen LogP contribution in [0.5, 0.6) is 17.2 Å². The zero-order valence-corrected chi connectivity index (χ0v) is 20.2. The number of hydrogen-bond acceptors (Lipinski definition) is 6. The second kappa shape index (κ2) is 11.1. The fraction of sp³-hybridized carbons (Fsp3) is 0.231. The Bertz CT molecular complexity index is 1360. The molecule has 2 N–H and O–H groups in total. The maximum Gasteiger partial charge on any atom is 0.387 e. The largest absolute Gasteiger partial charge is 0.490 e. The molecule has 1 heterocycles. The summed E-state index contributed by atoms with van der Waals surface area (Å²) in [4.78, 5) is 0. The molecule has 0 saturated carbocycles. The monoisotopic (exact) mass is 517 g/mol. The van der Waals surface area contributed by atoms with Crippen LogP contribution in [-0.4, -0.2) is 35.4 Å². The quantitative estimate of drug-likeness (QED) is 0.388. The summed E-state index contributed by atoms with van der Waals surface area (Å²) >= 11 is 0. The molecule has 0 fully saturated rings. The number of sulfonamides is 1. The van der Waals surface area contributed by atoms with E-state index >= 15 is 0 Å². The van der Waals surface area contributed by atoms with Crippen LogP contribution in [0.15, 0.2) is 72.8 Å². The number of fused-ring (bicyclic) bond motifs is 3. The van der Waals surface area contributed by atoms with Gasteiger partial charge in [-0.15, -0.1) is 0 Å². The molecule has 1 aliphatic heterocycles. The Labute approximate surface area is 208 Å². The number of rotatable bonds is 10. The van der Waals surface area contributed by atoms with E-state index in [1.807, 2.05) is 30.4 Å². The second-order valence-corrected chi connectivity index (χ2v) is 9.66. The molecule has 4 rings (SSSR count). The maximum atomic E-state index is 13.1. The Morgan fingerprint density at radius 3 is 2.58 bits per heavy atom. The molecule has 0 saturated heterocycles. The molecule has 0 radical (unpaired) electrons. The average Bonchev–Trinajstić information content (AvgIpc) is 2.82. The van der Waals surface area contributed by atoms with E-state index in [-0.39, 0.29) is 11.5 Å². The zero-order valence-electron chi connectivity index (χ0n) is 19.4. The number of nitrogens with two attached hydrogens (primary N) is 1. The molecule has 1 atom stereocenters. The standard InChI is InChI=1S/C26H25F2NO6S/c1-32-12-2-3-13-33-19-7-4-6-18(15-19)25-21-14-17(16-36(29,30)31)10-11-20(21)24-22(34-25)8-5-9-23(24)35-26(27)28/h2-11,14-15,25-26H,12-13,16H2,1H3,(H2,29,30,31). The first-order chi connectivity index (χ1) is 17.2. The lowest BCUT2D eigenvalue weighted by molar-refractivity contribution is -0.0496. The van der Waals surface area contributed by atoms with Gasteiger partial charge in [0, 0.05) is 18.2 Å². The van der Waals surface area contributed by atoms with E-state index in [1.165, 1.54) is 6.07 Å². The van der Waals surface area contributed by atoms with E-state index in [1.54, 1.807) is 43.5 Å². The molecular formula is C26H25F2NO6S. The van der Waals surface area contributed by atoms with Crippen LogP contribution in [0.2, 0.25) is 0 Å². The van der Waals surface area contributed by atoms with Gasteiger partial charge in [0.2, 0.25) is 10.0 Å². The van der Waals surface area contributed by atoms with Gasteiger partial charge in [-0.1, -0.05) is 42.5 Å². The molecule has 10 heteroatoms. The second-order valence-electron chi connectivity index (χ2n) is 8.04. The summed E-state index contributed by atoms with van der Waals surface area (Å²) in [6.07, 6.45) is 3.01. The molecule has 0 bridgehead atoms. The van der Waals surface area contributed by atoms with Crippen LogP contribution >= 0.6 is 0 Å². The van der Waals surface area contributed by atoms with Gasteiger partial charge in [-0.25, -0.2) is 13.6 Å². The van der Waals surface area contributed by atoms with Crippen molar-refractivity contribution in [2.24, 2.45) is 5.14 Å². The predicted octanol–water partition coefficient (Wildman–Crippen LogP) is 4.81. The van der Waals surface area contributed by atoms with Crippen molar-refractivity contribution in [3.05, 3.63) is 89.5 Å². The van der Waals surface area contributed by atoms with E-state index in [0.717, 1.165) is 5.56 Å². The van der Waals surface area contributed by atoms with Crippen LogP contribution in [0, 0.1) is 0 Å². The van der Waals surface area contributed by atoms with E-state index in [2.05, 4.69) is 0 Å². The van der Waals surface area contributed by atoms with Gasteiger partial charge in [-0.3, -0.25) is 0 Å². The highest BCUT2D eigenvalue weighted by Gasteiger charge is 2.31. The fourth-order valence-corrected chi connectivity index (χ4v) is 4.67. The van der Waals surface area contributed by atoms with Gasteiger partial charge in [-0.05, 0) is 41.5 Å². The van der Waals surface area contributed by atoms with Crippen molar-refractivity contribution in [3.63, 3.8) is 0 Å². The third kappa shape index (κ3) is 6.20. The van der Waals surface area contributed by atoms with Crippen molar-refractivity contribution in [2.75, 3.05) is 20.3 Å². The molecule has 3 aromatic rings. The van der Waals surface area contributed by atoms with Crippen molar-refractivity contribution in [1.82, 2.24) is 0 Å². The van der Waals surface area contributed by atoms with Crippen molar-refractivity contribution in [3.8, 4) is 28.4 Å². The Morgan fingerprint density at radius 1 is 1.06 bits per heavy atom. The smallest absolute Gasteiger partial charge is 0.387 e. The first kappa shape index (κ1) is 25.6. The lowest BCUT2D eigenvalue weighted by atomic mass is 9.88. The zero-order chi connectivity index (χ0) is 25.7. The van der Waals surface area contributed by atoms with Gasteiger partial charge < -0.3 is 18.9 Å². The topological polar surface area (TPSA) is 97.1 Å². The van der Waals surface area contributed by atoms with Gasteiger partial charge in [0.1, 0.15) is 30.0 Å². The summed E-state index contributed by atoms with van der Waals surface area (Å²) in [5, 5.41) is 5.25. The van der Waals surface area contributed by atoms with Crippen LogP contribution in [0.4, 0.5) is 8.78 Å². The summed E-state index contributed by atoms with van der Waals surface area (Å²) in [5.41, 5.74) is 2.71. The number of alkyl halides is 2.